The maximum Gasteiger partial charge on any atom is 0.128 e. The predicted octanol–water partition coefficient (Wildman–Crippen LogP) is 0.489. The zero-order chi connectivity index (χ0) is 8.81. The second kappa shape index (κ2) is 4.90. The van der Waals surface area contributed by atoms with Gasteiger partial charge in [-0.3, -0.25) is 4.90 Å². The first-order chi connectivity index (χ1) is 5.86. The lowest BCUT2D eigenvalue weighted by atomic mass is 10.3. The van der Waals surface area contributed by atoms with E-state index in [-0.39, 0.29) is 6.61 Å². The van der Waals surface area contributed by atoms with Gasteiger partial charge in [-0.05, 0) is 6.54 Å². The monoisotopic (exact) mass is 170 g/mol. The van der Waals surface area contributed by atoms with Gasteiger partial charge in [0, 0.05) is 18.7 Å². The molecule has 0 aliphatic carbocycles. The van der Waals surface area contributed by atoms with Crippen molar-refractivity contribution in [3.63, 3.8) is 0 Å². The Kier molecular flexibility index (Phi) is 3.76. The standard InChI is InChI=1S/C8H14N2O2/c1-2-10(3-4-11)6-8-5-9-12-7-8/h5,7,11H,2-4,6H2,1H3. The highest BCUT2D eigenvalue weighted by Crippen LogP contribution is 2.01. The van der Waals surface area contributed by atoms with E-state index in [9.17, 15) is 0 Å². The van der Waals surface area contributed by atoms with Crippen LogP contribution in [0.4, 0.5) is 0 Å². The fourth-order valence-electron chi connectivity index (χ4n) is 1.05. The molecule has 0 saturated heterocycles. The lowest BCUT2D eigenvalue weighted by Crippen LogP contribution is -2.25. The first kappa shape index (κ1) is 9.22. The van der Waals surface area contributed by atoms with Crippen molar-refractivity contribution >= 4 is 0 Å². The molecular formula is C8H14N2O2. The van der Waals surface area contributed by atoms with E-state index < -0.39 is 0 Å². The van der Waals surface area contributed by atoms with E-state index >= 15 is 0 Å². The van der Waals surface area contributed by atoms with Crippen molar-refractivity contribution < 1.29 is 9.63 Å². The number of nitrogens with zero attached hydrogens (tertiary/aromatic N) is 2. The van der Waals surface area contributed by atoms with Crippen molar-refractivity contribution in [2.75, 3.05) is 19.7 Å². The van der Waals surface area contributed by atoms with Gasteiger partial charge in [-0.15, -0.1) is 0 Å². The molecule has 4 heteroatoms. The summed E-state index contributed by atoms with van der Waals surface area (Å²) in [5, 5.41) is 12.3. The zero-order valence-corrected chi connectivity index (χ0v) is 7.23. The molecule has 0 aliphatic heterocycles. The van der Waals surface area contributed by atoms with E-state index in [1.807, 2.05) is 0 Å². The molecule has 12 heavy (non-hydrogen) atoms. The topological polar surface area (TPSA) is 49.5 Å². The zero-order valence-electron chi connectivity index (χ0n) is 7.23. The minimum atomic E-state index is 0.194. The van der Waals surface area contributed by atoms with Gasteiger partial charge in [0.2, 0.25) is 0 Å². The Balaban J connectivity index is 2.37. The molecule has 68 valence electrons. The number of likely N-dealkylation sites (N-methyl/N-ethyl adjacent to an activating group) is 1. The Morgan fingerprint density at radius 2 is 2.50 bits per heavy atom. The van der Waals surface area contributed by atoms with Crippen molar-refractivity contribution in [2.45, 2.75) is 13.5 Å². The molecule has 1 aromatic rings. The highest BCUT2D eigenvalue weighted by molar-refractivity contribution is 4.99. The van der Waals surface area contributed by atoms with Crippen LogP contribution in [-0.2, 0) is 6.54 Å². The lowest BCUT2D eigenvalue weighted by Gasteiger charge is -2.17. The molecule has 0 aromatic carbocycles. The van der Waals surface area contributed by atoms with Gasteiger partial charge in [-0.2, -0.15) is 0 Å². The summed E-state index contributed by atoms with van der Waals surface area (Å²) in [6, 6.07) is 0. The predicted molar refractivity (Wildman–Crippen MR) is 44.5 cm³/mol. The van der Waals surface area contributed by atoms with Crippen LogP contribution < -0.4 is 0 Å². The number of hydrogen-bond acceptors (Lipinski definition) is 4. The molecule has 1 rings (SSSR count). The van der Waals surface area contributed by atoms with Gasteiger partial charge < -0.3 is 9.63 Å². The van der Waals surface area contributed by atoms with E-state index in [0.717, 1.165) is 18.7 Å². The van der Waals surface area contributed by atoms with Crippen molar-refractivity contribution in [3.8, 4) is 0 Å². The molecule has 0 radical (unpaired) electrons. The number of aromatic nitrogens is 1. The SMILES string of the molecule is CCN(CCO)Cc1cnoc1. The molecule has 0 spiro atoms. The molecule has 1 heterocycles. The Labute approximate surface area is 71.8 Å². The van der Waals surface area contributed by atoms with E-state index in [1.54, 1.807) is 12.5 Å². The Morgan fingerprint density at radius 3 is 3.00 bits per heavy atom. The van der Waals surface area contributed by atoms with E-state index in [4.69, 9.17) is 9.63 Å². The quantitative estimate of drug-likeness (QED) is 0.698. The maximum atomic E-state index is 8.72. The molecule has 0 unspecified atom stereocenters. The van der Waals surface area contributed by atoms with Gasteiger partial charge in [0.25, 0.3) is 0 Å². The fraction of sp³-hybridized carbons (Fsp3) is 0.625. The van der Waals surface area contributed by atoms with Crippen LogP contribution in [0.15, 0.2) is 17.0 Å². The molecule has 1 N–H and O–H groups in total. The molecule has 1 aromatic heterocycles. The van der Waals surface area contributed by atoms with E-state index in [1.165, 1.54) is 0 Å². The molecule has 0 atom stereocenters. The Hall–Kier alpha value is -0.870. The summed E-state index contributed by atoms with van der Waals surface area (Å²) in [6.07, 6.45) is 3.32. The fourth-order valence-corrected chi connectivity index (χ4v) is 1.05. The van der Waals surface area contributed by atoms with Gasteiger partial charge in [-0.1, -0.05) is 12.1 Å². The normalized spacial score (nSPS) is 10.9. The van der Waals surface area contributed by atoms with Crippen molar-refractivity contribution in [1.29, 1.82) is 0 Å². The van der Waals surface area contributed by atoms with Crippen LogP contribution in [0.1, 0.15) is 12.5 Å². The van der Waals surface area contributed by atoms with Crippen molar-refractivity contribution in [2.24, 2.45) is 0 Å². The molecule has 0 aliphatic rings. The highest BCUT2D eigenvalue weighted by atomic mass is 16.5. The Bertz CT molecular complexity index is 199. The molecule has 0 bridgehead atoms. The minimum absolute atomic E-state index is 0.194. The van der Waals surface area contributed by atoms with Crippen LogP contribution >= 0.6 is 0 Å². The highest BCUT2D eigenvalue weighted by Gasteiger charge is 2.03. The van der Waals surface area contributed by atoms with E-state index in [2.05, 4.69) is 17.0 Å². The van der Waals surface area contributed by atoms with E-state index in [0.29, 0.717) is 6.54 Å². The molecule has 0 amide bonds. The average molecular weight is 170 g/mol. The summed E-state index contributed by atoms with van der Waals surface area (Å²) >= 11 is 0. The largest absolute Gasteiger partial charge is 0.395 e. The first-order valence-electron chi connectivity index (χ1n) is 4.08. The van der Waals surface area contributed by atoms with Gasteiger partial charge in [0.1, 0.15) is 6.26 Å². The summed E-state index contributed by atoms with van der Waals surface area (Å²) in [5.74, 6) is 0. The van der Waals surface area contributed by atoms with Gasteiger partial charge in [0.05, 0.1) is 12.8 Å². The van der Waals surface area contributed by atoms with Gasteiger partial charge >= 0.3 is 0 Å². The minimum Gasteiger partial charge on any atom is -0.395 e. The number of aliphatic hydroxyl groups excluding tert-OH is 1. The molecular weight excluding hydrogens is 156 g/mol. The average Bonchev–Trinajstić information content (AvgIpc) is 2.56. The summed E-state index contributed by atoms with van der Waals surface area (Å²) in [5.41, 5.74) is 1.05. The smallest absolute Gasteiger partial charge is 0.128 e. The van der Waals surface area contributed by atoms with Crippen LogP contribution in [0.25, 0.3) is 0 Å². The third kappa shape index (κ3) is 2.64. The number of aliphatic hydroxyl groups is 1. The van der Waals surface area contributed by atoms with Crippen LogP contribution in [-0.4, -0.2) is 34.9 Å². The van der Waals surface area contributed by atoms with Gasteiger partial charge in [0.15, 0.2) is 0 Å². The van der Waals surface area contributed by atoms with Crippen LogP contribution in [0.5, 0.6) is 0 Å². The maximum absolute atomic E-state index is 8.72. The third-order valence-electron chi connectivity index (χ3n) is 1.75. The van der Waals surface area contributed by atoms with Crippen LogP contribution in [0.2, 0.25) is 0 Å². The van der Waals surface area contributed by atoms with Crippen LogP contribution in [0, 0.1) is 0 Å². The summed E-state index contributed by atoms with van der Waals surface area (Å²) in [6.45, 7) is 4.66. The van der Waals surface area contributed by atoms with Crippen LogP contribution in [0.3, 0.4) is 0 Å². The number of rotatable bonds is 5. The molecule has 0 saturated carbocycles. The summed E-state index contributed by atoms with van der Waals surface area (Å²) in [4.78, 5) is 2.12. The second-order valence-corrected chi connectivity index (χ2v) is 2.63. The summed E-state index contributed by atoms with van der Waals surface area (Å²) < 4.78 is 4.70. The molecule has 4 nitrogen and oxygen atoms in total. The lowest BCUT2D eigenvalue weighted by molar-refractivity contribution is 0.196. The number of hydrogen-bond donors (Lipinski definition) is 1. The van der Waals surface area contributed by atoms with Crippen molar-refractivity contribution in [1.82, 2.24) is 10.1 Å². The first-order valence-corrected chi connectivity index (χ1v) is 4.08. The third-order valence-corrected chi connectivity index (χ3v) is 1.75. The second-order valence-electron chi connectivity index (χ2n) is 2.63. The molecule has 0 fully saturated rings. The van der Waals surface area contributed by atoms with Gasteiger partial charge in [-0.25, -0.2) is 0 Å². The van der Waals surface area contributed by atoms with Crippen molar-refractivity contribution in [3.05, 3.63) is 18.0 Å². The Morgan fingerprint density at radius 1 is 1.67 bits per heavy atom. The summed E-state index contributed by atoms with van der Waals surface area (Å²) in [7, 11) is 0.